The molecule has 1 aromatic carbocycles. The summed E-state index contributed by atoms with van der Waals surface area (Å²) < 4.78 is 5.35. The summed E-state index contributed by atoms with van der Waals surface area (Å²) in [4.78, 5) is 14.8. The Hall–Kier alpha value is -1.55. The van der Waals surface area contributed by atoms with E-state index in [4.69, 9.17) is 4.74 Å². The number of ether oxygens (including phenoxy) is 1. The number of hydrogen-bond acceptors (Lipinski definition) is 3. The van der Waals surface area contributed by atoms with Gasteiger partial charge >= 0.3 is 0 Å². The summed E-state index contributed by atoms with van der Waals surface area (Å²) in [5.41, 5.74) is 0.964. The maximum Gasteiger partial charge on any atom is 0.227 e. The minimum absolute atomic E-state index is 0.200. The fourth-order valence-corrected chi connectivity index (χ4v) is 2.92. The van der Waals surface area contributed by atoms with E-state index >= 15 is 0 Å². The summed E-state index contributed by atoms with van der Waals surface area (Å²) in [5, 5.41) is 3.52. The van der Waals surface area contributed by atoms with Crippen molar-refractivity contribution in [2.45, 2.75) is 45.2 Å². The summed E-state index contributed by atoms with van der Waals surface area (Å²) in [6, 6.07) is 8.47. The summed E-state index contributed by atoms with van der Waals surface area (Å²) in [6.07, 6.45) is 2.45. The lowest BCUT2D eigenvalue weighted by molar-refractivity contribution is -0.134. The highest BCUT2D eigenvalue weighted by atomic mass is 16.5. The second-order valence-corrected chi connectivity index (χ2v) is 5.61. The standard InChI is InChI=1S/C17H26N2O2/c1-4-14-12-19(15(5-2)11-18-14)17(20)10-13-8-6-7-9-16(13)21-3/h6-9,14-15,18H,4-5,10-12H2,1-3H3. The largest absolute Gasteiger partial charge is 0.496 e. The number of nitrogens with one attached hydrogen (secondary N) is 1. The molecule has 0 spiro atoms. The highest BCUT2D eigenvalue weighted by Gasteiger charge is 2.29. The Morgan fingerprint density at radius 1 is 1.33 bits per heavy atom. The first kappa shape index (κ1) is 15.8. The van der Waals surface area contributed by atoms with Crippen molar-refractivity contribution < 1.29 is 9.53 Å². The first-order valence-corrected chi connectivity index (χ1v) is 7.84. The topological polar surface area (TPSA) is 41.6 Å². The van der Waals surface area contributed by atoms with Gasteiger partial charge in [-0.1, -0.05) is 32.0 Å². The molecule has 4 nitrogen and oxygen atoms in total. The maximum absolute atomic E-state index is 12.7. The summed E-state index contributed by atoms with van der Waals surface area (Å²) >= 11 is 0. The fraction of sp³-hybridized carbons (Fsp3) is 0.588. The number of benzene rings is 1. The molecule has 0 aromatic heterocycles. The van der Waals surface area contributed by atoms with E-state index in [1.807, 2.05) is 24.3 Å². The number of amides is 1. The highest BCUT2D eigenvalue weighted by molar-refractivity contribution is 5.80. The zero-order valence-electron chi connectivity index (χ0n) is 13.3. The van der Waals surface area contributed by atoms with E-state index in [0.717, 1.165) is 37.2 Å². The average Bonchev–Trinajstić information content (AvgIpc) is 2.54. The van der Waals surface area contributed by atoms with Crippen molar-refractivity contribution >= 4 is 5.91 Å². The van der Waals surface area contributed by atoms with E-state index in [9.17, 15) is 4.79 Å². The van der Waals surface area contributed by atoms with Gasteiger partial charge in [-0.25, -0.2) is 0 Å². The molecule has 116 valence electrons. The van der Waals surface area contributed by atoms with Crippen LogP contribution in [0, 0.1) is 0 Å². The number of carbonyl (C=O) groups is 1. The summed E-state index contributed by atoms with van der Waals surface area (Å²) in [6.45, 7) is 6.00. The predicted octanol–water partition coefficient (Wildman–Crippen LogP) is 2.23. The SMILES string of the molecule is CCC1CN(C(=O)Cc2ccccc2OC)C(CC)CN1. The number of hydrogen-bond donors (Lipinski definition) is 1. The normalized spacial score (nSPS) is 22.1. The van der Waals surface area contributed by atoms with Crippen LogP contribution >= 0.6 is 0 Å². The van der Waals surface area contributed by atoms with Crippen molar-refractivity contribution in [3.63, 3.8) is 0 Å². The Labute approximate surface area is 127 Å². The van der Waals surface area contributed by atoms with Gasteiger partial charge in [-0.2, -0.15) is 0 Å². The highest BCUT2D eigenvalue weighted by Crippen LogP contribution is 2.20. The van der Waals surface area contributed by atoms with Gasteiger partial charge in [-0.15, -0.1) is 0 Å². The van der Waals surface area contributed by atoms with Gasteiger partial charge in [0, 0.05) is 30.7 Å². The zero-order valence-corrected chi connectivity index (χ0v) is 13.3. The van der Waals surface area contributed by atoms with E-state index in [-0.39, 0.29) is 5.91 Å². The van der Waals surface area contributed by atoms with Crippen molar-refractivity contribution in [2.24, 2.45) is 0 Å². The van der Waals surface area contributed by atoms with E-state index in [2.05, 4.69) is 24.1 Å². The molecule has 0 saturated carbocycles. The fourth-order valence-electron chi connectivity index (χ4n) is 2.92. The lowest BCUT2D eigenvalue weighted by Gasteiger charge is -2.40. The molecule has 21 heavy (non-hydrogen) atoms. The molecule has 1 aromatic rings. The Kier molecular flexibility index (Phi) is 5.62. The summed E-state index contributed by atoms with van der Waals surface area (Å²) in [5.74, 6) is 0.993. The number of methoxy groups -OCH3 is 1. The molecule has 1 fully saturated rings. The number of rotatable bonds is 5. The number of carbonyl (C=O) groups excluding carboxylic acids is 1. The minimum Gasteiger partial charge on any atom is -0.496 e. The zero-order chi connectivity index (χ0) is 15.2. The van der Waals surface area contributed by atoms with Gasteiger partial charge in [-0.3, -0.25) is 4.79 Å². The molecule has 0 aliphatic carbocycles. The monoisotopic (exact) mass is 290 g/mol. The van der Waals surface area contributed by atoms with E-state index in [0.29, 0.717) is 18.5 Å². The number of piperazine rings is 1. The Balaban J connectivity index is 2.09. The maximum atomic E-state index is 12.7. The Morgan fingerprint density at radius 2 is 2.10 bits per heavy atom. The molecule has 2 unspecified atom stereocenters. The molecule has 1 heterocycles. The Bertz CT molecular complexity index is 476. The van der Waals surface area contributed by atoms with E-state index in [1.54, 1.807) is 7.11 Å². The first-order chi connectivity index (χ1) is 10.2. The van der Waals surface area contributed by atoms with E-state index in [1.165, 1.54) is 0 Å². The molecule has 1 N–H and O–H groups in total. The van der Waals surface area contributed by atoms with Gasteiger partial charge < -0.3 is 15.0 Å². The molecule has 1 saturated heterocycles. The van der Waals surface area contributed by atoms with Crippen LogP contribution in [0.2, 0.25) is 0 Å². The van der Waals surface area contributed by atoms with Crippen molar-refractivity contribution in [1.82, 2.24) is 10.2 Å². The Morgan fingerprint density at radius 3 is 2.76 bits per heavy atom. The van der Waals surface area contributed by atoms with Gasteiger partial charge in [-0.05, 0) is 18.9 Å². The van der Waals surface area contributed by atoms with Crippen LogP contribution in [0.1, 0.15) is 32.3 Å². The van der Waals surface area contributed by atoms with Crippen LogP contribution in [0.25, 0.3) is 0 Å². The number of nitrogens with zero attached hydrogens (tertiary/aromatic N) is 1. The van der Waals surface area contributed by atoms with Crippen LogP contribution in [-0.4, -0.2) is 43.1 Å². The molecule has 2 rings (SSSR count). The third-order valence-corrected chi connectivity index (χ3v) is 4.32. The number of para-hydroxylation sites is 1. The lowest BCUT2D eigenvalue weighted by Crippen LogP contribution is -2.58. The average molecular weight is 290 g/mol. The minimum atomic E-state index is 0.200. The van der Waals surface area contributed by atoms with Crippen LogP contribution in [0.3, 0.4) is 0 Å². The lowest BCUT2D eigenvalue weighted by atomic mass is 10.0. The van der Waals surface area contributed by atoms with Gasteiger partial charge in [0.25, 0.3) is 0 Å². The van der Waals surface area contributed by atoms with Gasteiger partial charge in [0.1, 0.15) is 5.75 Å². The molecule has 1 amide bonds. The molecular formula is C17H26N2O2. The van der Waals surface area contributed by atoms with Crippen LogP contribution in [0.4, 0.5) is 0 Å². The quantitative estimate of drug-likeness (QED) is 0.904. The second kappa shape index (κ2) is 7.46. The van der Waals surface area contributed by atoms with Crippen molar-refractivity contribution in [3.05, 3.63) is 29.8 Å². The molecule has 0 radical (unpaired) electrons. The molecular weight excluding hydrogens is 264 g/mol. The predicted molar refractivity (Wildman–Crippen MR) is 84.6 cm³/mol. The van der Waals surface area contributed by atoms with E-state index < -0.39 is 0 Å². The van der Waals surface area contributed by atoms with Crippen LogP contribution < -0.4 is 10.1 Å². The van der Waals surface area contributed by atoms with Crippen molar-refractivity contribution in [1.29, 1.82) is 0 Å². The smallest absolute Gasteiger partial charge is 0.227 e. The van der Waals surface area contributed by atoms with Crippen LogP contribution in [0.15, 0.2) is 24.3 Å². The van der Waals surface area contributed by atoms with Crippen LogP contribution in [-0.2, 0) is 11.2 Å². The molecule has 2 atom stereocenters. The van der Waals surface area contributed by atoms with Crippen molar-refractivity contribution in [2.75, 3.05) is 20.2 Å². The summed E-state index contributed by atoms with van der Waals surface area (Å²) in [7, 11) is 1.65. The van der Waals surface area contributed by atoms with Crippen molar-refractivity contribution in [3.8, 4) is 5.75 Å². The molecule has 1 aliphatic rings. The molecule has 0 bridgehead atoms. The third kappa shape index (κ3) is 3.76. The van der Waals surface area contributed by atoms with Gasteiger partial charge in [0.15, 0.2) is 0 Å². The van der Waals surface area contributed by atoms with Gasteiger partial charge in [0.05, 0.1) is 13.5 Å². The second-order valence-electron chi connectivity index (χ2n) is 5.61. The first-order valence-electron chi connectivity index (χ1n) is 7.84. The third-order valence-electron chi connectivity index (χ3n) is 4.32. The van der Waals surface area contributed by atoms with Gasteiger partial charge in [0.2, 0.25) is 5.91 Å². The molecule has 4 heteroatoms. The van der Waals surface area contributed by atoms with Crippen LogP contribution in [0.5, 0.6) is 5.75 Å². The molecule has 1 aliphatic heterocycles.